The van der Waals surface area contributed by atoms with Gasteiger partial charge in [0.1, 0.15) is 23.4 Å². The number of rotatable bonds is 2. The highest BCUT2D eigenvalue weighted by atomic mass is 35.5. The van der Waals surface area contributed by atoms with Crippen LogP contribution in [0.25, 0.3) is 0 Å². The number of carbonyl (C=O) groups is 3. The van der Waals surface area contributed by atoms with E-state index in [0.717, 1.165) is 4.90 Å². The average Bonchev–Trinajstić information content (AvgIpc) is 2.37. The van der Waals surface area contributed by atoms with E-state index >= 15 is 0 Å². The van der Waals surface area contributed by atoms with Crippen LogP contribution in [0.1, 0.15) is 10.5 Å². The van der Waals surface area contributed by atoms with Crippen LogP contribution in [0.15, 0.2) is 18.2 Å². The first-order valence-electron chi connectivity index (χ1n) is 5.42. The summed E-state index contributed by atoms with van der Waals surface area (Å²) in [5.41, 5.74) is 0.00782. The first-order valence-corrected chi connectivity index (χ1v) is 5.80. The zero-order valence-electron chi connectivity index (χ0n) is 9.67. The number of aliphatic carboxylic acids is 1. The number of piperazine rings is 1. The quantitative estimate of drug-likeness (QED) is 0.730. The fourth-order valence-corrected chi connectivity index (χ4v) is 1.91. The molecule has 1 saturated heterocycles. The molecule has 1 unspecified atom stereocenters. The van der Waals surface area contributed by atoms with Crippen molar-refractivity contribution >= 4 is 29.4 Å². The third kappa shape index (κ3) is 2.82. The van der Waals surface area contributed by atoms with Crippen molar-refractivity contribution in [2.24, 2.45) is 0 Å². The van der Waals surface area contributed by atoms with Crippen LogP contribution >= 0.6 is 11.6 Å². The lowest BCUT2D eigenvalue weighted by molar-refractivity contribution is -0.144. The Morgan fingerprint density at radius 3 is 2.84 bits per heavy atom. The standard InChI is InChI=1S/C11H10ClN3O4/c12-8-3-1-2-6(14-8)10(17)15-5-9(16)13-4-7(15)11(18)19/h1-3,7H,4-5H2,(H,13,16)(H,18,19). The minimum atomic E-state index is -1.18. The first-order chi connectivity index (χ1) is 8.99. The highest BCUT2D eigenvalue weighted by Crippen LogP contribution is 2.12. The van der Waals surface area contributed by atoms with Crippen molar-refractivity contribution in [1.82, 2.24) is 15.2 Å². The van der Waals surface area contributed by atoms with Gasteiger partial charge in [0, 0.05) is 6.54 Å². The maximum atomic E-state index is 12.2. The molecule has 0 aliphatic carbocycles. The van der Waals surface area contributed by atoms with Crippen molar-refractivity contribution in [2.45, 2.75) is 6.04 Å². The van der Waals surface area contributed by atoms with E-state index in [1.165, 1.54) is 18.2 Å². The number of halogens is 1. The smallest absolute Gasteiger partial charge is 0.328 e. The van der Waals surface area contributed by atoms with Gasteiger partial charge in [-0.1, -0.05) is 17.7 Å². The van der Waals surface area contributed by atoms with Crippen LogP contribution in [0.2, 0.25) is 5.15 Å². The van der Waals surface area contributed by atoms with E-state index in [-0.39, 0.29) is 23.9 Å². The Bertz CT molecular complexity index is 548. The van der Waals surface area contributed by atoms with Gasteiger partial charge in [0.25, 0.3) is 5.91 Å². The van der Waals surface area contributed by atoms with E-state index in [4.69, 9.17) is 16.7 Å². The van der Waals surface area contributed by atoms with Gasteiger partial charge in [0.05, 0.1) is 0 Å². The van der Waals surface area contributed by atoms with Gasteiger partial charge in [-0.15, -0.1) is 0 Å². The Morgan fingerprint density at radius 2 is 2.21 bits per heavy atom. The van der Waals surface area contributed by atoms with Crippen molar-refractivity contribution < 1.29 is 19.5 Å². The molecule has 1 aromatic heterocycles. The molecule has 1 fully saturated rings. The number of hydrogen-bond donors (Lipinski definition) is 2. The van der Waals surface area contributed by atoms with E-state index < -0.39 is 23.8 Å². The lowest BCUT2D eigenvalue weighted by Crippen LogP contribution is -2.59. The molecule has 1 aliphatic heterocycles. The summed E-state index contributed by atoms with van der Waals surface area (Å²) in [6.07, 6.45) is 0. The summed E-state index contributed by atoms with van der Waals surface area (Å²) in [4.78, 5) is 39.3. The maximum Gasteiger partial charge on any atom is 0.328 e. The van der Waals surface area contributed by atoms with Gasteiger partial charge < -0.3 is 15.3 Å². The van der Waals surface area contributed by atoms with Gasteiger partial charge in [-0.2, -0.15) is 0 Å². The minimum Gasteiger partial charge on any atom is -0.480 e. The lowest BCUT2D eigenvalue weighted by Gasteiger charge is -2.32. The molecule has 1 atom stereocenters. The van der Waals surface area contributed by atoms with E-state index in [1.807, 2.05) is 0 Å². The number of hydrogen-bond acceptors (Lipinski definition) is 4. The van der Waals surface area contributed by atoms with Crippen LogP contribution in [-0.4, -0.2) is 51.9 Å². The Hall–Kier alpha value is -2.15. The lowest BCUT2D eigenvalue weighted by atomic mass is 10.1. The molecule has 2 heterocycles. The van der Waals surface area contributed by atoms with Gasteiger partial charge in [0.2, 0.25) is 5.91 Å². The van der Waals surface area contributed by atoms with Gasteiger partial charge in [-0.3, -0.25) is 9.59 Å². The number of nitrogens with zero attached hydrogens (tertiary/aromatic N) is 2. The molecule has 7 nitrogen and oxygen atoms in total. The van der Waals surface area contributed by atoms with E-state index in [1.54, 1.807) is 0 Å². The number of carboxylic acid groups (broad SMARTS) is 1. The molecule has 2 N–H and O–H groups in total. The third-order valence-electron chi connectivity index (χ3n) is 2.66. The number of amides is 2. The monoisotopic (exact) mass is 283 g/mol. The zero-order chi connectivity index (χ0) is 14.0. The summed E-state index contributed by atoms with van der Waals surface area (Å²) in [5.74, 6) is -2.23. The van der Waals surface area contributed by atoms with Crippen molar-refractivity contribution in [1.29, 1.82) is 0 Å². The van der Waals surface area contributed by atoms with Crippen molar-refractivity contribution in [3.63, 3.8) is 0 Å². The number of nitrogens with one attached hydrogen (secondary N) is 1. The van der Waals surface area contributed by atoms with Crippen LogP contribution in [0.5, 0.6) is 0 Å². The molecule has 0 bridgehead atoms. The Morgan fingerprint density at radius 1 is 1.47 bits per heavy atom. The van der Waals surface area contributed by atoms with E-state index in [9.17, 15) is 14.4 Å². The summed E-state index contributed by atoms with van der Waals surface area (Å²) in [6, 6.07) is 3.34. The number of aromatic nitrogens is 1. The summed E-state index contributed by atoms with van der Waals surface area (Å²) < 4.78 is 0. The molecular formula is C11H10ClN3O4. The number of carboxylic acids is 1. The third-order valence-corrected chi connectivity index (χ3v) is 2.87. The van der Waals surface area contributed by atoms with Gasteiger partial charge in [-0.05, 0) is 12.1 Å². The highest BCUT2D eigenvalue weighted by Gasteiger charge is 2.36. The fraction of sp³-hybridized carbons (Fsp3) is 0.273. The van der Waals surface area contributed by atoms with Crippen molar-refractivity contribution in [2.75, 3.05) is 13.1 Å². The van der Waals surface area contributed by atoms with Crippen LogP contribution in [0, 0.1) is 0 Å². The molecule has 0 saturated carbocycles. The summed E-state index contributed by atoms with van der Waals surface area (Å²) in [5, 5.41) is 11.6. The van der Waals surface area contributed by atoms with Gasteiger partial charge in [0.15, 0.2) is 0 Å². The van der Waals surface area contributed by atoms with Gasteiger partial charge >= 0.3 is 5.97 Å². The van der Waals surface area contributed by atoms with Crippen LogP contribution in [0.3, 0.4) is 0 Å². The second-order valence-electron chi connectivity index (χ2n) is 3.94. The molecule has 1 aliphatic rings. The first kappa shape index (κ1) is 13.3. The molecule has 0 spiro atoms. The topological polar surface area (TPSA) is 99.6 Å². The SMILES string of the molecule is O=C1CN(C(=O)c2cccc(Cl)n2)C(C(=O)O)CN1. The van der Waals surface area contributed by atoms with E-state index in [2.05, 4.69) is 10.3 Å². The molecular weight excluding hydrogens is 274 g/mol. The Labute approximate surface area is 113 Å². The minimum absolute atomic E-state index is 0.00782. The molecule has 19 heavy (non-hydrogen) atoms. The Balaban J connectivity index is 2.28. The second kappa shape index (κ2) is 5.23. The van der Waals surface area contributed by atoms with E-state index in [0.29, 0.717) is 0 Å². The largest absolute Gasteiger partial charge is 0.480 e. The molecule has 100 valence electrons. The maximum absolute atomic E-state index is 12.2. The number of carbonyl (C=O) groups excluding carboxylic acids is 2. The molecule has 2 amide bonds. The second-order valence-corrected chi connectivity index (χ2v) is 4.32. The van der Waals surface area contributed by atoms with Crippen molar-refractivity contribution in [3.05, 3.63) is 29.0 Å². The fourth-order valence-electron chi connectivity index (χ4n) is 1.75. The van der Waals surface area contributed by atoms with Crippen LogP contribution in [0.4, 0.5) is 0 Å². The van der Waals surface area contributed by atoms with Crippen LogP contribution < -0.4 is 5.32 Å². The molecule has 2 rings (SSSR count). The van der Waals surface area contributed by atoms with Crippen molar-refractivity contribution in [3.8, 4) is 0 Å². The molecule has 8 heteroatoms. The number of pyridine rings is 1. The molecule has 0 radical (unpaired) electrons. The normalized spacial score (nSPS) is 18.9. The molecule has 1 aromatic rings. The predicted octanol–water partition coefficient (Wildman–Crippen LogP) is -0.240. The van der Waals surface area contributed by atoms with Crippen LogP contribution in [-0.2, 0) is 9.59 Å². The average molecular weight is 284 g/mol. The van der Waals surface area contributed by atoms with Gasteiger partial charge in [-0.25, -0.2) is 9.78 Å². The Kier molecular flexibility index (Phi) is 3.66. The molecule has 0 aromatic carbocycles. The zero-order valence-corrected chi connectivity index (χ0v) is 10.4. The highest BCUT2D eigenvalue weighted by molar-refractivity contribution is 6.29. The predicted molar refractivity (Wildman–Crippen MR) is 64.7 cm³/mol. The summed E-state index contributed by atoms with van der Waals surface area (Å²) >= 11 is 5.68. The summed E-state index contributed by atoms with van der Waals surface area (Å²) in [6.45, 7) is -0.440. The summed E-state index contributed by atoms with van der Waals surface area (Å²) in [7, 11) is 0.